The topological polar surface area (TPSA) is 63.6 Å². The number of thiazole rings is 1. The summed E-state index contributed by atoms with van der Waals surface area (Å²) in [6.07, 6.45) is 0.100. The van der Waals surface area contributed by atoms with Crippen molar-refractivity contribution in [1.29, 1.82) is 0 Å². The van der Waals surface area contributed by atoms with Gasteiger partial charge < -0.3 is 4.74 Å². The van der Waals surface area contributed by atoms with Crippen LogP contribution in [-0.4, -0.2) is 23.2 Å². The van der Waals surface area contributed by atoms with Gasteiger partial charge in [0.1, 0.15) is 10.8 Å². The molecule has 0 fully saturated rings. The van der Waals surface area contributed by atoms with Crippen LogP contribution < -0.4 is 10.2 Å². The van der Waals surface area contributed by atoms with Crippen LogP contribution >= 0.6 is 11.3 Å². The van der Waals surface area contributed by atoms with Gasteiger partial charge >= 0.3 is 6.61 Å². The molecule has 3 aromatic rings. The van der Waals surface area contributed by atoms with E-state index >= 15 is 0 Å². The van der Waals surface area contributed by atoms with E-state index in [0.29, 0.717) is 16.3 Å². The highest BCUT2D eigenvalue weighted by atomic mass is 32.1. The molecule has 3 rings (SSSR count). The van der Waals surface area contributed by atoms with E-state index in [1.807, 2.05) is 35.7 Å². The van der Waals surface area contributed by atoms with E-state index in [1.54, 1.807) is 19.1 Å². The van der Waals surface area contributed by atoms with Gasteiger partial charge in [0.15, 0.2) is 0 Å². The number of benzene rings is 2. The molecule has 0 bridgehead atoms. The molecule has 0 saturated carbocycles. The van der Waals surface area contributed by atoms with E-state index in [1.165, 1.54) is 23.5 Å². The zero-order valence-corrected chi connectivity index (χ0v) is 15.7. The van der Waals surface area contributed by atoms with Crippen LogP contribution in [0.25, 0.3) is 11.3 Å². The molecule has 0 saturated heterocycles. The van der Waals surface area contributed by atoms with Crippen molar-refractivity contribution in [1.82, 2.24) is 10.4 Å². The van der Waals surface area contributed by atoms with Crippen LogP contribution in [0.15, 0.2) is 65.1 Å². The third-order valence-corrected chi connectivity index (χ3v) is 4.61. The number of nitrogens with one attached hydrogen (secondary N) is 1. The van der Waals surface area contributed by atoms with Crippen LogP contribution in [0.3, 0.4) is 0 Å². The van der Waals surface area contributed by atoms with Crippen LogP contribution in [0.5, 0.6) is 5.75 Å². The number of ether oxygens (including phenoxy) is 1. The zero-order chi connectivity index (χ0) is 19.9. The van der Waals surface area contributed by atoms with Gasteiger partial charge in [0.2, 0.25) is 5.91 Å². The Hall–Kier alpha value is -3.13. The molecule has 1 aromatic heterocycles. The number of hydrazone groups is 1. The van der Waals surface area contributed by atoms with E-state index in [9.17, 15) is 13.6 Å². The third-order valence-electron chi connectivity index (χ3n) is 3.76. The molecule has 0 aliphatic carbocycles. The largest absolute Gasteiger partial charge is 0.435 e. The average Bonchev–Trinajstić information content (AvgIpc) is 3.15. The highest BCUT2D eigenvalue weighted by Crippen LogP contribution is 2.21. The van der Waals surface area contributed by atoms with Crippen molar-refractivity contribution in [3.8, 4) is 17.0 Å². The first-order valence-electron chi connectivity index (χ1n) is 8.39. The minimum atomic E-state index is -2.90. The molecule has 0 spiro atoms. The van der Waals surface area contributed by atoms with E-state index < -0.39 is 6.61 Å². The first-order chi connectivity index (χ1) is 13.5. The fourth-order valence-corrected chi connectivity index (χ4v) is 3.22. The SMILES string of the molecule is C/C(=N/NC(=O)Cc1nc(-c2ccccc2)cs1)c1cccc(OC(F)F)c1. The highest BCUT2D eigenvalue weighted by molar-refractivity contribution is 7.10. The van der Waals surface area contributed by atoms with E-state index in [4.69, 9.17) is 0 Å². The van der Waals surface area contributed by atoms with Crippen LogP contribution in [0.4, 0.5) is 8.78 Å². The predicted molar refractivity (Wildman–Crippen MR) is 105 cm³/mol. The maximum absolute atomic E-state index is 12.3. The lowest BCUT2D eigenvalue weighted by Crippen LogP contribution is -2.21. The van der Waals surface area contributed by atoms with Crippen LogP contribution in [-0.2, 0) is 11.2 Å². The van der Waals surface area contributed by atoms with E-state index in [2.05, 4.69) is 20.2 Å². The molecule has 0 radical (unpaired) electrons. The van der Waals surface area contributed by atoms with Gasteiger partial charge in [-0.05, 0) is 19.1 Å². The summed E-state index contributed by atoms with van der Waals surface area (Å²) < 4.78 is 29.0. The predicted octanol–water partition coefficient (Wildman–Crippen LogP) is 4.49. The molecule has 1 N–H and O–H groups in total. The lowest BCUT2D eigenvalue weighted by Gasteiger charge is -2.07. The number of carbonyl (C=O) groups excluding carboxylic acids is 1. The van der Waals surface area contributed by atoms with E-state index in [-0.39, 0.29) is 18.1 Å². The van der Waals surface area contributed by atoms with Crippen molar-refractivity contribution in [3.05, 3.63) is 70.5 Å². The molecule has 28 heavy (non-hydrogen) atoms. The second-order valence-electron chi connectivity index (χ2n) is 5.81. The van der Waals surface area contributed by atoms with Gasteiger partial charge in [0, 0.05) is 16.5 Å². The standard InChI is InChI=1S/C20H17F2N3O2S/c1-13(15-8-5-9-16(10-15)27-20(21)22)24-25-18(26)11-19-23-17(12-28-19)14-6-3-2-4-7-14/h2-10,12,20H,11H2,1H3,(H,25,26)/b24-13-. The highest BCUT2D eigenvalue weighted by Gasteiger charge is 2.10. The Labute approximate surface area is 164 Å². The molecule has 8 heteroatoms. The fourth-order valence-electron chi connectivity index (χ4n) is 2.42. The summed E-state index contributed by atoms with van der Waals surface area (Å²) in [6, 6.07) is 15.8. The number of aromatic nitrogens is 1. The van der Waals surface area contributed by atoms with Crippen molar-refractivity contribution in [3.63, 3.8) is 0 Å². The number of rotatable bonds is 7. The summed E-state index contributed by atoms with van der Waals surface area (Å²) >= 11 is 1.40. The van der Waals surface area contributed by atoms with Gasteiger partial charge in [-0.25, -0.2) is 10.4 Å². The molecule has 5 nitrogen and oxygen atoms in total. The maximum Gasteiger partial charge on any atom is 0.387 e. The van der Waals surface area contributed by atoms with Gasteiger partial charge in [-0.1, -0.05) is 42.5 Å². The van der Waals surface area contributed by atoms with Crippen LogP contribution in [0.1, 0.15) is 17.5 Å². The summed E-state index contributed by atoms with van der Waals surface area (Å²) in [5.41, 5.74) is 5.32. The Bertz CT molecular complexity index is 974. The smallest absolute Gasteiger partial charge is 0.387 e. The number of carbonyl (C=O) groups is 1. The summed E-state index contributed by atoms with van der Waals surface area (Å²) in [7, 11) is 0. The maximum atomic E-state index is 12.3. The molecule has 0 unspecified atom stereocenters. The lowest BCUT2D eigenvalue weighted by atomic mass is 10.1. The van der Waals surface area contributed by atoms with Crippen molar-refractivity contribution in [2.75, 3.05) is 0 Å². The second-order valence-corrected chi connectivity index (χ2v) is 6.75. The first-order valence-corrected chi connectivity index (χ1v) is 9.27. The Morgan fingerprint density at radius 2 is 2.00 bits per heavy atom. The van der Waals surface area contributed by atoms with Crippen LogP contribution in [0.2, 0.25) is 0 Å². The van der Waals surface area contributed by atoms with Crippen molar-refractivity contribution in [2.45, 2.75) is 20.0 Å². The number of halogens is 2. The van der Waals surface area contributed by atoms with Gasteiger partial charge in [-0.2, -0.15) is 13.9 Å². The number of hydrogen-bond acceptors (Lipinski definition) is 5. The Morgan fingerprint density at radius 1 is 1.21 bits per heavy atom. The molecular formula is C20H17F2N3O2S. The second kappa shape index (κ2) is 9.18. The number of hydrogen-bond donors (Lipinski definition) is 1. The minimum Gasteiger partial charge on any atom is -0.435 e. The van der Waals surface area contributed by atoms with Gasteiger partial charge in [0.25, 0.3) is 0 Å². The normalized spacial score (nSPS) is 11.5. The van der Waals surface area contributed by atoms with E-state index in [0.717, 1.165) is 11.3 Å². The zero-order valence-electron chi connectivity index (χ0n) is 14.9. The fraction of sp³-hybridized carbons (Fsp3) is 0.150. The van der Waals surface area contributed by atoms with Crippen molar-refractivity contribution < 1.29 is 18.3 Å². The minimum absolute atomic E-state index is 0.0320. The van der Waals surface area contributed by atoms with Crippen LogP contribution in [0, 0.1) is 0 Å². The molecule has 1 heterocycles. The molecule has 0 aliphatic heterocycles. The summed E-state index contributed by atoms with van der Waals surface area (Å²) in [5, 5.41) is 6.61. The van der Waals surface area contributed by atoms with Gasteiger partial charge in [0.05, 0.1) is 17.8 Å². The number of alkyl halides is 2. The average molecular weight is 401 g/mol. The summed E-state index contributed by atoms with van der Waals surface area (Å²) in [6.45, 7) is -1.23. The molecule has 2 aromatic carbocycles. The Morgan fingerprint density at radius 3 is 2.75 bits per heavy atom. The molecule has 0 atom stereocenters. The van der Waals surface area contributed by atoms with Crippen molar-refractivity contribution >= 4 is 23.0 Å². The summed E-state index contributed by atoms with van der Waals surface area (Å²) in [5.74, 6) is -0.280. The molecular weight excluding hydrogens is 384 g/mol. The molecule has 144 valence electrons. The molecule has 1 amide bonds. The number of amides is 1. The van der Waals surface area contributed by atoms with Gasteiger partial charge in [-0.3, -0.25) is 4.79 Å². The number of nitrogens with zero attached hydrogens (tertiary/aromatic N) is 2. The lowest BCUT2D eigenvalue weighted by molar-refractivity contribution is -0.120. The Balaban J connectivity index is 1.60. The quantitative estimate of drug-likeness (QED) is 0.469. The summed E-state index contributed by atoms with van der Waals surface area (Å²) in [4.78, 5) is 16.6. The van der Waals surface area contributed by atoms with Crippen molar-refractivity contribution in [2.24, 2.45) is 5.10 Å². The third kappa shape index (κ3) is 5.43. The first kappa shape index (κ1) is 19.6. The monoisotopic (exact) mass is 401 g/mol. The van der Waals surface area contributed by atoms with Gasteiger partial charge in [-0.15, -0.1) is 11.3 Å². The molecule has 0 aliphatic rings. The Kier molecular flexibility index (Phi) is 6.44.